The van der Waals surface area contributed by atoms with Gasteiger partial charge in [0.1, 0.15) is 0 Å². The Morgan fingerprint density at radius 1 is 0.842 bits per heavy atom. The molecular formula is C27H32N8O2S. The highest BCUT2D eigenvalue weighted by molar-refractivity contribution is 7.91. The molecule has 2 saturated heterocycles. The minimum atomic E-state index is -2.88. The Bertz CT molecular complexity index is 1500. The van der Waals surface area contributed by atoms with Crippen molar-refractivity contribution in [3.05, 3.63) is 66.6 Å². The van der Waals surface area contributed by atoms with Crippen LogP contribution in [-0.2, 0) is 16.4 Å². The Labute approximate surface area is 222 Å². The summed E-state index contributed by atoms with van der Waals surface area (Å²) in [4.78, 5) is 16.0. The zero-order valence-corrected chi connectivity index (χ0v) is 22.3. The van der Waals surface area contributed by atoms with Crippen molar-refractivity contribution in [1.82, 2.24) is 29.4 Å². The summed E-state index contributed by atoms with van der Waals surface area (Å²) in [6.07, 6.45) is 3.66. The lowest BCUT2D eigenvalue weighted by atomic mass is 10.2. The standard InChI is InChI=1S/C27H32N8O2S/c1-32-10-12-34(13-11-32)24-6-4-22(5-7-24)30-27-29-19-25-8-9-26(35(25)31-27)21-2-3-23(28-18-21)20-33-14-16-38(36,37)17-15-33/h2-9,18-19H,10-17,20H2,1H3,(H,30,31). The van der Waals surface area contributed by atoms with E-state index in [2.05, 4.69) is 61.3 Å². The minimum Gasteiger partial charge on any atom is -0.369 e. The molecule has 0 unspecified atom stereocenters. The molecule has 0 saturated carbocycles. The van der Waals surface area contributed by atoms with E-state index in [1.807, 2.05) is 41.2 Å². The van der Waals surface area contributed by atoms with E-state index in [4.69, 9.17) is 5.10 Å². The number of hydrogen-bond donors (Lipinski definition) is 1. The monoisotopic (exact) mass is 532 g/mol. The number of pyridine rings is 1. The molecular weight excluding hydrogens is 500 g/mol. The highest BCUT2D eigenvalue weighted by Gasteiger charge is 2.22. The van der Waals surface area contributed by atoms with Crippen molar-refractivity contribution < 1.29 is 8.42 Å². The third-order valence-corrected chi connectivity index (χ3v) is 8.94. The van der Waals surface area contributed by atoms with E-state index in [1.54, 1.807) is 0 Å². The normalized spacial score (nSPS) is 18.6. The van der Waals surface area contributed by atoms with Gasteiger partial charge in [-0.1, -0.05) is 0 Å². The van der Waals surface area contributed by atoms with Gasteiger partial charge in [-0.3, -0.25) is 9.88 Å². The number of piperazine rings is 1. The molecule has 198 valence electrons. The van der Waals surface area contributed by atoms with Crippen molar-refractivity contribution in [1.29, 1.82) is 0 Å². The lowest BCUT2D eigenvalue weighted by Crippen LogP contribution is -2.44. The van der Waals surface area contributed by atoms with Crippen LogP contribution < -0.4 is 10.2 Å². The fourth-order valence-corrected chi connectivity index (χ4v) is 6.21. The summed E-state index contributed by atoms with van der Waals surface area (Å²) in [5.41, 5.74) is 5.87. The van der Waals surface area contributed by atoms with Gasteiger partial charge in [0.15, 0.2) is 9.84 Å². The van der Waals surface area contributed by atoms with E-state index in [-0.39, 0.29) is 11.5 Å². The summed E-state index contributed by atoms with van der Waals surface area (Å²) in [7, 11) is -0.719. The van der Waals surface area contributed by atoms with Crippen molar-refractivity contribution in [2.24, 2.45) is 0 Å². The second kappa shape index (κ2) is 10.3. The average Bonchev–Trinajstić information content (AvgIpc) is 3.35. The Kier molecular flexibility index (Phi) is 6.73. The van der Waals surface area contributed by atoms with Crippen LogP contribution in [0.5, 0.6) is 0 Å². The first-order chi connectivity index (χ1) is 18.4. The van der Waals surface area contributed by atoms with Crippen LogP contribution in [-0.4, -0.2) is 95.6 Å². The molecule has 10 nitrogen and oxygen atoms in total. The molecule has 0 spiro atoms. The molecule has 2 aliphatic heterocycles. The maximum atomic E-state index is 11.7. The van der Waals surface area contributed by atoms with Crippen LogP contribution in [0.4, 0.5) is 17.3 Å². The first-order valence-electron chi connectivity index (χ1n) is 13.0. The van der Waals surface area contributed by atoms with Crippen molar-refractivity contribution in [3.63, 3.8) is 0 Å². The highest BCUT2D eigenvalue weighted by atomic mass is 32.2. The topological polar surface area (TPSA) is 99.0 Å². The Balaban J connectivity index is 1.14. The van der Waals surface area contributed by atoms with E-state index in [0.717, 1.165) is 54.3 Å². The summed E-state index contributed by atoms with van der Waals surface area (Å²) in [5.74, 6) is 0.960. The number of likely N-dealkylation sites (N-methyl/N-ethyl adjacent to an activating group) is 1. The second-order valence-electron chi connectivity index (χ2n) is 10.1. The Morgan fingerprint density at radius 2 is 1.61 bits per heavy atom. The van der Waals surface area contributed by atoms with Crippen LogP contribution in [0.3, 0.4) is 0 Å². The van der Waals surface area contributed by atoms with E-state index in [1.165, 1.54) is 5.69 Å². The van der Waals surface area contributed by atoms with E-state index >= 15 is 0 Å². The number of fused-ring (bicyclic) bond motifs is 1. The maximum Gasteiger partial charge on any atom is 0.245 e. The van der Waals surface area contributed by atoms with Gasteiger partial charge in [-0.05, 0) is 55.6 Å². The van der Waals surface area contributed by atoms with Gasteiger partial charge in [-0.15, -0.1) is 5.10 Å². The molecule has 0 aliphatic carbocycles. The average molecular weight is 533 g/mol. The van der Waals surface area contributed by atoms with Gasteiger partial charge >= 0.3 is 0 Å². The van der Waals surface area contributed by atoms with Gasteiger partial charge in [0.05, 0.1) is 34.6 Å². The number of sulfone groups is 1. The number of rotatable bonds is 6. The predicted octanol–water partition coefficient (Wildman–Crippen LogP) is 2.52. The second-order valence-corrected chi connectivity index (χ2v) is 12.4. The maximum absolute atomic E-state index is 11.7. The summed E-state index contributed by atoms with van der Waals surface area (Å²) >= 11 is 0. The molecule has 0 amide bonds. The van der Waals surface area contributed by atoms with Gasteiger partial charge in [-0.25, -0.2) is 17.9 Å². The van der Waals surface area contributed by atoms with Crippen molar-refractivity contribution >= 4 is 32.7 Å². The lowest BCUT2D eigenvalue weighted by molar-refractivity contribution is 0.284. The molecule has 0 atom stereocenters. The molecule has 3 aromatic heterocycles. The van der Waals surface area contributed by atoms with E-state index in [9.17, 15) is 8.42 Å². The number of nitrogens with zero attached hydrogens (tertiary/aromatic N) is 7. The molecule has 2 aliphatic rings. The smallest absolute Gasteiger partial charge is 0.245 e. The molecule has 11 heteroatoms. The van der Waals surface area contributed by atoms with Gasteiger partial charge in [0, 0.05) is 68.9 Å². The summed E-state index contributed by atoms with van der Waals surface area (Å²) in [6.45, 7) is 6.00. The fourth-order valence-electron chi connectivity index (χ4n) is 4.93. The van der Waals surface area contributed by atoms with Crippen LogP contribution >= 0.6 is 0 Å². The molecule has 38 heavy (non-hydrogen) atoms. The lowest BCUT2D eigenvalue weighted by Gasteiger charge is -2.34. The first-order valence-corrected chi connectivity index (χ1v) is 14.8. The van der Waals surface area contributed by atoms with Gasteiger partial charge < -0.3 is 15.1 Å². The molecule has 0 bridgehead atoms. The van der Waals surface area contributed by atoms with Crippen LogP contribution in [0.15, 0.2) is 60.9 Å². The molecule has 1 aromatic carbocycles. The highest BCUT2D eigenvalue weighted by Crippen LogP contribution is 2.24. The minimum absolute atomic E-state index is 0.220. The van der Waals surface area contributed by atoms with Crippen LogP contribution in [0.2, 0.25) is 0 Å². The van der Waals surface area contributed by atoms with Gasteiger partial charge in [0.25, 0.3) is 0 Å². The van der Waals surface area contributed by atoms with E-state index < -0.39 is 9.84 Å². The Morgan fingerprint density at radius 3 is 2.32 bits per heavy atom. The molecule has 4 aromatic rings. The largest absolute Gasteiger partial charge is 0.369 e. The van der Waals surface area contributed by atoms with Crippen molar-refractivity contribution in [2.45, 2.75) is 6.54 Å². The number of anilines is 3. The zero-order chi connectivity index (χ0) is 26.1. The zero-order valence-electron chi connectivity index (χ0n) is 21.5. The molecule has 2 fully saturated rings. The number of benzene rings is 1. The van der Waals surface area contributed by atoms with Gasteiger partial charge in [0.2, 0.25) is 5.95 Å². The van der Waals surface area contributed by atoms with E-state index in [0.29, 0.717) is 25.6 Å². The fraction of sp³-hybridized carbons (Fsp3) is 0.370. The predicted molar refractivity (Wildman–Crippen MR) is 150 cm³/mol. The number of aromatic nitrogens is 4. The van der Waals surface area contributed by atoms with Gasteiger partial charge in [-0.2, -0.15) is 0 Å². The van der Waals surface area contributed by atoms with Crippen LogP contribution in [0.25, 0.3) is 16.8 Å². The summed E-state index contributed by atoms with van der Waals surface area (Å²) in [5, 5.41) is 8.07. The van der Waals surface area contributed by atoms with Crippen molar-refractivity contribution in [2.75, 3.05) is 68.0 Å². The SMILES string of the molecule is CN1CCN(c2ccc(Nc3ncc4ccc(-c5ccc(CN6CCS(=O)(=O)CC6)nc5)n4n3)cc2)CC1. The van der Waals surface area contributed by atoms with Crippen molar-refractivity contribution in [3.8, 4) is 11.3 Å². The molecule has 6 rings (SSSR count). The Hall–Kier alpha value is -3.54. The number of nitrogens with one attached hydrogen (secondary N) is 1. The summed E-state index contributed by atoms with van der Waals surface area (Å²) in [6, 6.07) is 16.5. The third kappa shape index (κ3) is 5.50. The third-order valence-electron chi connectivity index (χ3n) is 7.33. The summed E-state index contributed by atoms with van der Waals surface area (Å²) < 4.78 is 25.2. The molecule has 5 heterocycles. The number of hydrogen-bond acceptors (Lipinski definition) is 9. The molecule has 0 radical (unpaired) electrons. The first kappa shape index (κ1) is 24.8. The van der Waals surface area contributed by atoms with Crippen LogP contribution in [0.1, 0.15) is 5.69 Å². The van der Waals surface area contributed by atoms with Crippen LogP contribution in [0, 0.1) is 0 Å². The molecule has 1 N–H and O–H groups in total. The quantitative estimate of drug-likeness (QED) is 0.402.